The topological polar surface area (TPSA) is 12.5 Å². The molecule has 0 aromatic carbocycles. The molecule has 0 aromatic heterocycles. The number of nitrogens with zero attached hydrogens (tertiary/aromatic N) is 1. The molecule has 0 radical (unpaired) electrons. The summed E-state index contributed by atoms with van der Waals surface area (Å²) in [5.41, 5.74) is 0. The average molecular weight is 147 g/mol. The fourth-order valence-electron chi connectivity index (χ4n) is 1.40. The molecular weight excluding hydrogens is 133 g/mol. The average Bonchev–Trinajstić information content (AvgIpc) is 2.13. The van der Waals surface area contributed by atoms with E-state index in [1.807, 2.05) is 11.9 Å². The molecule has 1 unspecified atom stereocenters. The van der Waals surface area contributed by atoms with E-state index in [2.05, 4.69) is 0 Å². The number of ether oxygens (including phenoxy) is 1. The summed E-state index contributed by atoms with van der Waals surface area (Å²) in [7, 11) is 3.59. The Balaban J connectivity index is 2.31. The number of likely N-dealkylation sites (tertiary alicyclic amines) is 1. The summed E-state index contributed by atoms with van der Waals surface area (Å²) >= 11 is 0. The Hall–Kier alpha value is -0.150. The molecule has 0 bridgehead atoms. The SMILES string of the molecule is COCC1C[C@H](F)CN1C. The van der Waals surface area contributed by atoms with Crippen molar-refractivity contribution in [2.45, 2.75) is 18.6 Å². The highest BCUT2D eigenvalue weighted by molar-refractivity contribution is 4.82. The van der Waals surface area contributed by atoms with Gasteiger partial charge in [0.1, 0.15) is 6.17 Å². The molecule has 0 spiro atoms. The van der Waals surface area contributed by atoms with Crippen LogP contribution in [0, 0.1) is 0 Å². The standard InChI is InChI=1S/C7H14FNO/c1-9-4-6(8)3-7(9)5-10-2/h6-7H,3-5H2,1-2H3/t6-,7?/m0/s1. The number of halogens is 1. The second-order valence-electron chi connectivity index (χ2n) is 2.88. The van der Waals surface area contributed by atoms with E-state index in [0.717, 1.165) is 0 Å². The second kappa shape index (κ2) is 3.30. The summed E-state index contributed by atoms with van der Waals surface area (Å²) in [5.74, 6) is 0. The zero-order chi connectivity index (χ0) is 7.56. The first-order chi connectivity index (χ1) is 4.74. The van der Waals surface area contributed by atoms with Crippen molar-refractivity contribution < 1.29 is 9.13 Å². The lowest BCUT2D eigenvalue weighted by molar-refractivity contribution is 0.129. The Bertz CT molecular complexity index is 110. The van der Waals surface area contributed by atoms with E-state index in [0.29, 0.717) is 25.6 Å². The van der Waals surface area contributed by atoms with Crippen LogP contribution in [0.5, 0.6) is 0 Å². The Morgan fingerprint density at radius 3 is 2.80 bits per heavy atom. The quantitative estimate of drug-likeness (QED) is 0.569. The molecule has 0 aliphatic carbocycles. The molecule has 1 rings (SSSR count). The summed E-state index contributed by atoms with van der Waals surface area (Å²) in [4.78, 5) is 2.01. The van der Waals surface area contributed by atoms with Crippen molar-refractivity contribution >= 4 is 0 Å². The molecule has 0 amide bonds. The summed E-state index contributed by atoms with van der Waals surface area (Å²) < 4.78 is 17.6. The molecule has 2 atom stereocenters. The minimum atomic E-state index is -0.648. The second-order valence-corrected chi connectivity index (χ2v) is 2.88. The molecule has 0 N–H and O–H groups in total. The lowest BCUT2D eigenvalue weighted by Gasteiger charge is -2.16. The van der Waals surface area contributed by atoms with Crippen LogP contribution in [0.3, 0.4) is 0 Å². The van der Waals surface area contributed by atoms with Crippen LogP contribution in [0.15, 0.2) is 0 Å². The first kappa shape index (κ1) is 7.95. The van der Waals surface area contributed by atoms with Gasteiger partial charge >= 0.3 is 0 Å². The van der Waals surface area contributed by atoms with Crippen molar-refractivity contribution in [1.82, 2.24) is 4.90 Å². The number of alkyl halides is 1. The van der Waals surface area contributed by atoms with Gasteiger partial charge in [-0.2, -0.15) is 0 Å². The lowest BCUT2D eigenvalue weighted by atomic mass is 10.2. The molecule has 2 nitrogen and oxygen atoms in total. The van der Waals surface area contributed by atoms with Gasteiger partial charge in [-0.25, -0.2) is 4.39 Å². The van der Waals surface area contributed by atoms with E-state index in [1.54, 1.807) is 7.11 Å². The van der Waals surface area contributed by atoms with Crippen molar-refractivity contribution in [2.75, 3.05) is 27.3 Å². The van der Waals surface area contributed by atoms with Gasteiger partial charge in [0, 0.05) is 19.7 Å². The van der Waals surface area contributed by atoms with Crippen LogP contribution < -0.4 is 0 Å². The molecule has 1 heterocycles. The molecule has 1 fully saturated rings. The van der Waals surface area contributed by atoms with Gasteiger partial charge in [-0.05, 0) is 13.5 Å². The van der Waals surface area contributed by atoms with E-state index in [9.17, 15) is 4.39 Å². The summed E-state index contributed by atoms with van der Waals surface area (Å²) in [6.45, 7) is 1.21. The zero-order valence-electron chi connectivity index (χ0n) is 6.51. The fraction of sp³-hybridized carbons (Fsp3) is 1.00. The predicted molar refractivity (Wildman–Crippen MR) is 37.8 cm³/mol. The summed E-state index contributed by atoms with van der Waals surface area (Å²) in [6, 6.07) is 0.292. The van der Waals surface area contributed by atoms with Crippen LogP contribution in [0.25, 0.3) is 0 Å². The van der Waals surface area contributed by atoms with Crippen molar-refractivity contribution in [3.8, 4) is 0 Å². The molecule has 10 heavy (non-hydrogen) atoms. The smallest absolute Gasteiger partial charge is 0.114 e. The van der Waals surface area contributed by atoms with E-state index in [1.165, 1.54) is 0 Å². The number of methoxy groups -OCH3 is 1. The van der Waals surface area contributed by atoms with Gasteiger partial charge in [0.15, 0.2) is 0 Å². The molecule has 1 saturated heterocycles. The third kappa shape index (κ3) is 1.67. The van der Waals surface area contributed by atoms with Gasteiger partial charge in [0.05, 0.1) is 6.61 Å². The minimum absolute atomic E-state index is 0.292. The third-order valence-electron chi connectivity index (χ3n) is 2.00. The molecule has 1 aliphatic heterocycles. The molecular formula is C7H14FNO. The monoisotopic (exact) mass is 147 g/mol. The number of rotatable bonds is 2. The fourth-order valence-corrected chi connectivity index (χ4v) is 1.40. The number of hydrogen-bond donors (Lipinski definition) is 0. The number of likely N-dealkylation sites (N-methyl/N-ethyl adjacent to an activating group) is 1. The van der Waals surface area contributed by atoms with Crippen molar-refractivity contribution in [2.24, 2.45) is 0 Å². The first-order valence-electron chi connectivity index (χ1n) is 3.57. The van der Waals surface area contributed by atoms with Gasteiger partial charge in [-0.15, -0.1) is 0 Å². The summed E-state index contributed by atoms with van der Waals surface area (Å²) in [6.07, 6.45) is -0.0187. The highest BCUT2D eigenvalue weighted by atomic mass is 19.1. The predicted octanol–water partition coefficient (Wildman–Crippen LogP) is 0.675. The van der Waals surface area contributed by atoms with Crippen LogP contribution in [0.2, 0.25) is 0 Å². The van der Waals surface area contributed by atoms with Crippen molar-refractivity contribution in [3.63, 3.8) is 0 Å². The Kier molecular flexibility index (Phi) is 2.63. The highest BCUT2D eigenvalue weighted by Crippen LogP contribution is 2.17. The van der Waals surface area contributed by atoms with E-state index in [-0.39, 0.29) is 0 Å². The molecule has 3 heteroatoms. The van der Waals surface area contributed by atoms with E-state index < -0.39 is 6.17 Å². The van der Waals surface area contributed by atoms with E-state index >= 15 is 0 Å². The van der Waals surface area contributed by atoms with Gasteiger partial charge in [-0.3, -0.25) is 4.90 Å². The highest BCUT2D eigenvalue weighted by Gasteiger charge is 2.28. The van der Waals surface area contributed by atoms with Crippen LogP contribution in [0.1, 0.15) is 6.42 Å². The third-order valence-corrected chi connectivity index (χ3v) is 2.00. The summed E-state index contributed by atoms with van der Waals surface area (Å²) in [5, 5.41) is 0. The van der Waals surface area contributed by atoms with Gasteiger partial charge < -0.3 is 4.74 Å². The van der Waals surface area contributed by atoms with E-state index in [4.69, 9.17) is 4.74 Å². The van der Waals surface area contributed by atoms with Gasteiger partial charge in [0.2, 0.25) is 0 Å². The van der Waals surface area contributed by atoms with Crippen molar-refractivity contribution in [1.29, 1.82) is 0 Å². The van der Waals surface area contributed by atoms with Crippen LogP contribution in [-0.4, -0.2) is 44.4 Å². The maximum absolute atomic E-state index is 12.7. The molecule has 0 aromatic rings. The van der Waals surface area contributed by atoms with Crippen LogP contribution >= 0.6 is 0 Å². The van der Waals surface area contributed by atoms with Gasteiger partial charge in [-0.1, -0.05) is 0 Å². The Morgan fingerprint density at radius 2 is 2.40 bits per heavy atom. The number of hydrogen-bond acceptors (Lipinski definition) is 2. The molecule has 0 saturated carbocycles. The largest absolute Gasteiger partial charge is 0.383 e. The van der Waals surface area contributed by atoms with Crippen LogP contribution in [-0.2, 0) is 4.74 Å². The van der Waals surface area contributed by atoms with Crippen molar-refractivity contribution in [3.05, 3.63) is 0 Å². The molecule has 60 valence electrons. The first-order valence-corrected chi connectivity index (χ1v) is 3.57. The Labute approximate surface area is 61.0 Å². The zero-order valence-corrected chi connectivity index (χ0v) is 6.51. The normalized spacial score (nSPS) is 35.1. The van der Waals surface area contributed by atoms with Gasteiger partial charge in [0.25, 0.3) is 0 Å². The lowest BCUT2D eigenvalue weighted by Crippen LogP contribution is -2.28. The maximum atomic E-state index is 12.7. The molecule has 1 aliphatic rings. The maximum Gasteiger partial charge on any atom is 0.114 e. The van der Waals surface area contributed by atoms with Crippen LogP contribution in [0.4, 0.5) is 4.39 Å². The minimum Gasteiger partial charge on any atom is -0.383 e. The Morgan fingerprint density at radius 1 is 1.70 bits per heavy atom.